The lowest BCUT2D eigenvalue weighted by atomic mass is 10.2. The van der Waals surface area contributed by atoms with Crippen LogP contribution in [-0.4, -0.2) is 9.91 Å². The first-order valence-corrected chi connectivity index (χ1v) is 5.76. The Hall–Kier alpha value is -2.15. The molecule has 0 saturated carbocycles. The zero-order valence-electron chi connectivity index (χ0n) is 8.79. The van der Waals surface area contributed by atoms with E-state index in [0.29, 0.717) is 17.9 Å². The molecule has 0 atom stereocenters. The molecular weight excluding hydrogens is 240 g/mol. The maximum atomic E-state index is 10.5. The summed E-state index contributed by atoms with van der Waals surface area (Å²) in [4.78, 5) is 14.2. The Morgan fingerprint density at radius 2 is 2.35 bits per heavy atom. The van der Waals surface area contributed by atoms with Crippen LogP contribution in [-0.2, 0) is 6.54 Å². The molecule has 0 aliphatic rings. The minimum atomic E-state index is -0.472. The van der Waals surface area contributed by atoms with Gasteiger partial charge in [0.25, 0.3) is 5.69 Å². The molecule has 0 aliphatic carbocycles. The van der Waals surface area contributed by atoms with Crippen LogP contribution in [0.25, 0.3) is 0 Å². The molecule has 17 heavy (non-hydrogen) atoms. The monoisotopic (exact) mass is 250 g/mol. The Labute approximate surface area is 101 Å². The Bertz CT molecular complexity index is 527. The Morgan fingerprint density at radius 1 is 1.53 bits per heavy atom. The van der Waals surface area contributed by atoms with Gasteiger partial charge >= 0.3 is 0 Å². The van der Waals surface area contributed by atoms with Crippen molar-refractivity contribution >= 4 is 28.4 Å². The van der Waals surface area contributed by atoms with Crippen molar-refractivity contribution in [2.24, 2.45) is 0 Å². The van der Waals surface area contributed by atoms with Gasteiger partial charge in [0.05, 0.1) is 34.0 Å². The lowest BCUT2D eigenvalue weighted by molar-refractivity contribution is -0.384. The van der Waals surface area contributed by atoms with Crippen LogP contribution in [0.15, 0.2) is 29.1 Å². The molecule has 0 spiro atoms. The molecule has 0 bridgehead atoms. The van der Waals surface area contributed by atoms with Crippen LogP contribution in [0.3, 0.4) is 0 Å². The van der Waals surface area contributed by atoms with Crippen molar-refractivity contribution in [3.8, 4) is 0 Å². The second-order valence-electron chi connectivity index (χ2n) is 3.36. The molecule has 7 heteroatoms. The molecule has 0 saturated heterocycles. The number of nitro groups is 1. The summed E-state index contributed by atoms with van der Waals surface area (Å²) >= 11 is 1.51. The number of nitrogens with one attached hydrogen (secondary N) is 1. The second kappa shape index (κ2) is 4.79. The van der Waals surface area contributed by atoms with Gasteiger partial charge in [-0.1, -0.05) is 0 Å². The summed E-state index contributed by atoms with van der Waals surface area (Å²) < 4.78 is 0. The number of nitrogens with two attached hydrogens (primary N) is 1. The molecule has 1 aromatic heterocycles. The van der Waals surface area contributed by atoms with Crippen LogP contribution >= 0.6 is 11.3 Å². The van der Waals surface area contributed by atoms with Crippen molar-refractivity contribution in [2.45, 2.75) is 6.54 Å². The molecule has 0 amide bonds. The molecule has 0 aliphatic heterocycles. The number of nitrogen functional groups attached to an aromatic ring is 1. The van der Waals surface area contributed by atoms with Crippen LogP contribution in [0.5, 0.6) is 0 Å². The van der Waals surface area contributed by atoms with Crippen LogP contribution in [0, 0.1) is 10.1 Å². The number of anilines is 2. The van der Waals surface area contributed by atoms with E-state index in [1.165, 1.54) is 23.5 Å². The van der Waals surface area contributed by atoms with Gasteiger partial charge in [0.15, 0.2) is 0 Å². The topological polar surface area (TPSA) is 94.1 Å². The number of rotatable bonds is 4. The van der Waals surface area contributed by atoms with Crippen LogP contribution in [0.1, 0.15) is 5.69 Å². The highest BCUT2D eigenvalue weighted by atomic mass is 32.1. The number of nitrogens with zero attached hydrogens (tertiary/aromatic N) is 2. The summed E-state index contributed by atoms with van der Waals surface area (Å²) in [5, 5.41) is 15.5. The maximum Gasteiger partial charge on any atom is 0.271 e. The molecule has 0 fully saturated rings. The SMILES string of the molecule is Nc1cc([N+](=O)[O-])ccc1NCc1cscn1. The van der Waals surface area contributed by atoms with E-state index in [1.54, 1.807) is 11.6 Å². The van der Waals surface area contributed by atoms with Crippen molar-refractivity contribution in [3.05, 3.63) is 44.9 Å². The van der Waals surface area contributed by atoms with Crippen molar-refractivity contribution in [1.29, 1.82) is 0 Å². The first kappa shape index (κ1) is 11.3. The highest BCUT2D eigenvalue weighted by Gasteiger charge is 2.08. The molecule has 88 valence electrons. The van der Waals surface area contributed by atoms with E-state index < -0.39 is 4.92 Å². The van der Waals surface area contributed by atoms with Crippen LogP contribution in [0.4, 0.5) is 17.1 Å². The van der Waals surface area contributed by atoms with Crippen molar-refractivity contribution in [1.82, 2.24) is 4.98 Å². The van der Waals surface area contributed by atoms with Crippen molar-refractivity contribution in [2.75, 3.05) is 11.1 Å². The standard InChI is InChI=1S/C10H10N4O2S/c11-9-3-8(14(15)16)1-2-10(9)12-4-7-5-17-6-13-7/h1-3,5-6,12H,4,11H2. The van der Waals surface area contributed by atoms with Crippen LogP contribution < -0.4 is 11.1 Å². The number of aromatic nitrogens is 1. The van der Waals surface area contributed by atoms with Gasteiger partial charge in [-0.2, -0.15) is 0 Å². The van der Waals surface area contributed by atoms with Gasteiger partial charge in [-0.3, -0.25) is 10.1 Å². The number of hydrogen-bond donors (Lipinski definition) is 2. The summed E-state index contributed by atoms with van der Waals surface area (Å²) in [6.07, 6.45) is 0. The van der Waals surface area contributed by atoms with Gasteiger partial charge in [0.2, 0.25) is 0 Å². The lowest BCUT2D eigenvalue weighted by Gasteiger charge is -2.07. The number of benzene rings is 1. The normalized spacial score (nSPS) is 10.1. The van der Waals surface area contributed by atoms with E-state index in [9.17, 15) is 10.1 Å². The van der Waals surface area contributed by atoms with Gasteiger partial charge in [-0.15, -0.1) is 11.3 Å². The van der Waals surface area contributed by atoms with E-state index in [-0.39, 0.29) is 5.69 Å². The van der Waals surface area contributed by atoms with Crippen molar-refractivity contribution in [3.63, 3.8) is 0 Å². The van der Waals surface area contributed by atoms with Gasteiger partial charge in [0.1, 0.15) is 0 Å². The average Bonchev–Trinajstić information content (AvgIpc) is 2.80. The molecule has 2 aromatic rings. The zero-order chi connectivity index (χ0) is 12.3. The highest BCUT2D eigenvalue weighted by Crippen LogP contribution is 2.24. The highest BCUT2D eigenvalue weighted by molar-refractivity contribution is 7.07. The summed E-state index contributed by atoms with van der Waals surface area (Å²) in [5.74, 6) is 0. The molecule has 3 N–H and O–H groups in total. The van der Waals surface area contributed by atoms with E-state index in [2.05, 4.69) is 10.3 Å². The number of nitro benzene ring substituents is 1. The molecule has 1 aromatic carbocycles. The third kappa shape index (κ3) is 2.70. The number of hydrogen-bond acceptors (Lipinski definition) is 6. The van der Waals surface area contributed by atoms with Gasteiger partial charge < -0.3 is 11.1 Å². The second-order valence-corrected chi connectivity index (χ2v) is 4.08. The fraction of sp³-hybridized carbons (Fsp3) is 0.100. The van der Waals surface area contributed by atoms with Crippen LogP contribution in [0.2, 0.25) is 0 Å². The van der Waals surface area contributed by atoms with Gasteiger partial charge in [0, 0.05) is 17.5 Å². The number of thiazole rings is 1. The maximum absolute atomic E-state index is 10.5. The minimum absolute atomic E-state index is 0.0123. The third-order valence-corrected chi connectivity index (χ3v) is 2.82. The predicted molar refractivity (Wildman–Crippen MR) is 66.9 cm³/mol. The fourth-order valence-electron chi connectivity index (χ4n) is 1.34. The Balaban J connectivity index is 2.09. The molecule has 6 nitrogen and oxygen atoms in total. The van der Waals surface area contributed by atoms with E-state index in [1.807, 2.05) is 5.38 Å². The summed E-state index contributed by atoms with van der Waals surface area (Å²) in [6.45, 7) is 0.547. The van der Waals surface area contributed by atoms with E-state index in [0.717, 1.165) is 5.69 Å². The largest absolute Gasteiger partial charge is 0.397 e. The van der Waals surface area contributed by atoms with Crippen molar-refractivity contribution < 1.29 is 4.92 Å². The minimum Gasteiger partial charge on any atom is -0.397 e. The van der Waals surface area contributed by atoms with E-state index >= 15 is 0 Å². The van der Waals surface area contributed by atoms with Gasteiger partial charge in [-0.05, 0) is 6.07 Å². The average molecular weight is 250 g/mol. The zero-order valence-corrected chi connectivity index (χ0v) is 9.61. The van der Waals surface area contributed by atoms with E-state index in [4.69, 9.17) is 5.73 Å². The molecule has 0 radical (unpaired) electrons. The fourth-order valence-corrected chi connectivity index (χ4v) is 1.89. The summed E-state index contributed by atoms with van der Waals surface area (Å²) in [5.41, 5.74) is 9.38. The Kier molecular flexibility index (Phi) is 3.20. The quantitative estimate of drug-likeness (QED) is 0.493. The predicted octanol–water partition coefficient (Wildman–Crippen LogP) is 2.25. The molecule has 1 heterocycles. The first-order valence-electron chi connectivity index (χ1n) is 4.81. The Morgan fingerprint density at radius 3 is 2.94 bits per heavy atom. The third-order valence-electron chi connectivity index (χ3n) is 2.19. The molecule has 0 unspecified atom stereocenters. The number of non-ortho nitro benzene ring substituents is 1. The first-order chi connectivity index (χ1) is 8.16. The smallest absolute Gasteiger partial charge is 0.271 e. The molecule has 2 rings (SSSR count). The molecular formula is C10H10N4O2S. The summed E-state index contributed by atoms with van der Waals surface area (Å²) in [7, 11) is 0. The summed E-state index contributed by atoms with van der Waals surface area (Å²) in [6, 6.07) is 4.35. The van der Waals surface area contributed by atoms with Gasteiger partial charge in [-0.25, -0.2) is 4.98 Å². The lowest BCUT2D eigenvalue weighted by Crippen LogP contribution is -2.03.